The Hall–Kier alpha value is -1.68. The van der Waals surface area contributed by atoms with Crippen molar-refractivity contribution in [3.05, 3.63) is 35.9 Å². The summed E-state index contributed by atoms with van der Waals surface area (Å²) >= 11 is 0. The minimum atomic E-state index is -0.313. The fourth-order valence-corrected chi connectivity index (χ4v) is 3.39. The van der Waals surface area contributed by atoms with Crippen molar-refractivity contribution in [3.8, 4) is 0 Å². The lowest BCUT2D eigenvalue weighted by Gasteiger charge is -2.26. The number of likely N-dealkylation sites (tertiary alicyclic amines) is 1. The monoisotopic (exact) mass is 258 g/mol. The lowest BCUT2D eigenvalue weighted by molar-refractivity contribution is -0.143. The summed E-state index contributed by atoms with van der Waals surface area (Å²) in [5.41, 5.74) is 6.75. The van der Waals surface area contributed by atoms with E-state index in [4.69, 9.17) is 5.73 Å². The summed E-state index contributed by atoms with van der Waals surface area (Å²) < 4.78 is 0. The lowest BCUT2D eigenvalue weighted by atomic mass is 10.00. The van der Waals surface area contributed by atoms with Gasteiger partial charge in [-0.15, -0.1) is 0 Å². The number of amides is 2. The molecule has 3 unspecified atom stereocenters. The maximum atomic E-state index is 12.4. The molecular formula is C15H18N2O2. The number of hydrogen-bond donors (Lipinski definition) is 1. The van der Waals surface area contributed by atoms with Crippen LogP contribution in [0.15, 0.2) is 30.3 Å². The second-order valence-corrected chi connectivity index (χ2v) is 5.35. The van der Waals surface area contributed by atoms with E-state index in [-0.39, 0.29) is 36.2 Å². The van der Waals surface area contributed by atoms with Gasteiger partial charge in [0.15, 0.2) is 0 Å². The normalized spacial score (nSPS) is 27.7. The van der Waals surface area contributed by atoms with E-state index in [0.717, 1.165) is 24.8 Å². The van der Waals surface area contributed by atoms with Gasteiger partial charge < -0.3 is 5.73 Å². The summed E-state index contributed by atoms with van der Waals surface area (Å²) in [7, 11) is 0. The van der Waals surface area contributed by atoms with Crippen molar-refractivity contribution in [3.63, 3.8) is 0 Å². The van der Waals surface area contributed by atoms with Crippen molar-refractivity contribution in [2.24, 2.45) is 17.6 Å². The number of hydrogen-bond acceptors (Lipinski definition) is 3. The highest BCUT2D eigenvalue weighted by atomic mass is 16.2. The van der Waals surface area contributed by atoms with Crippen LogP contribution in [0.1, 0.15) is 30.9 Å². The van der Waals surface area contributed by atoms with E-state index in [1.165, 1.54) is 4.90 Å². The summed E-state index contributed by atoms with van der Waals surface area (Å²) in [5, 5.41) is 0. The molecule has 1 heterocycles. The molecule has 3 atom stereocenters. The Morgan fingerprint density at radius 1 is 1.11 bits per heavy atom. The summed E-state index contributed by atoms with van der Waals surface area (Å²) in [5.74, 6) is -0.228. The molecule has 2 N–H and O–H groups in total. The SMILES string of the molecule is NCC(c1ccccc1)N1C(=O)C2CCCC2C1=O. The van der Waals surface area contributed by atoms with E-state index in [0.29, 0.717) is 0 Å². The van der Waals surface area contributed by atoms with Crippen LogP contribution in [-0.4, -0.2) is 23.3 Å². The van der Waals surface area contributed by atoms with Gasteiger partial charge in [-0.3, -0.25) is 14.5 Å². The fourth-order valence-electron chi connectivity index (χ4n) is 3.39. The predicted molar refractivity (Wildman–Crippen MR) is 70.9 cm³/mol. The number of carbonyl (C=O) groups excluding carboxylic acids is 2. The Bertz CT molecular complexity index is 478. The number of rotatable bonds is 3. The molecule has 0 aromatic heterocycles. The van der Waals surface area contributed by atoms with Gasteiger partial charge >= 0.3 is 0 Å². The minimum absolute atomic E-state index is 0.0215. The standard InChI is InChI=1S/C15H18N2O2/c16-9-13(10-5-2-1-3-6-10)17-14(18)11-7-4-8-12(11)15(17)19/h1-3,5-6,11-13H,4,7-9,16H2. The Morgan fingerprint density at radius 2 is 1.68 bits per heavy atom. The minimum Gasteiger partial charge on any atom is -0.328 e. The van der Waals surface area contributed by atoms with E-state index in [9.17, 15) is 9.59 Å². The predicted octanol–water partition coefficient (Wildman–Crippen LogP) is 1.47. The van der Waals surface area contributed by atoms with Crippen LogP contribution in [-0.2, 0) is 9.59 Å². The zero-order chi connectivity index (χ0) is 13.4. The zero-order valence-corrected chi connectivity index (χ0v) is 10.8. The number of nitrogens with zero attached hydrogens (tertiary/aromatic N) is 1. The van der Waals surface area contributed by atoms with E-state index in [2.05, 4.69) is 0 Å². The van der Waals surface area contributed by atoms with E-state index in [1.54, 1.807) is 0 Å². The van der Waals surface area contributed by atoms with Gasteiger partial charge in [-0.25, -0.2) is 0 Å². The van der Waals surface area contributed by atoms with Crippen LogP contribution in [0, 0.1) is 11.8 Å². The van der Waals surface area contributed by atoms with Crippen LogP contribution in [0.5, 0.6) is 0 Å². The molecule has 1 saturated heterocycles. The molecule has 1 aromatic carbocycles. The summed E-state index contributed by atoms with van der Waals surface area (Å²) in [6.45, 7) is 0.279. The van der Waals surface area contributed by atoms with Gasteiger partial charge in [-0.2, -0.15) is 0 Å². The first-order valence-corrected chi connectivity index (χ1v) is 6.86. The van der Waals surface area contributed by atoms with E-state index >= 15 is 0 Å². The quantitative estimate of drug-likeness (QED) is 0.835. The second kappa shape index (κ2) is 4.78. The van der Waals surface area contributed by atoms with Crippen LogP contribution in [0.3, 0.4) is 0 Å². The third-order valence-electron chi connectivity index (χ3n) is 4.34. The molecule has 1 aromatic rings. The molecule has 19 heavy (non-hydrogen) atoms. The molecule has 0 spiro atoms. The molecule has 3 rings (SSSR count). The highest BCUT2D eigenvalue weighted by molar-refractivity contribution is 6.05. The van der Waals surface area contributed by atoms with Crippen molar-refractivity contribution >= 4 is 11.8 Å². The van der Waals surface area contributed by atoms with Crippen LogP contribution < -0.4 is 5.73 Å². The van der Waals surface area contributed by atoms with Gasteiger partial charge in [0.05, 0.1) is 17.9 Å². The number of benzene rings is 1. The summed E-state index contributed by atoms with van der Waals surface area (Å²) in [6, 6.07) is 9.26. The molecule has 1 aliphatic heterocycles. The van der Waals surface area contributed by atoms with Crippen molar-refractivity contribution in [2.45, 2.75) is 25.3 Å². The van der Waals surface area contributed by atoms with Gasteiger partial charge in [0.2, 0.25) is 11.8 Å². The van der Waals surface area contributed by atoms with Gasteiger partial charge in [0, 0.05) is 6.54 Å². The molecule has 4 nitrogen and oxygen atoms in total. The first-order chi connectivity index (χ1) is 9.24. The maximum Gasteiger partial charge on any atom is 0.233 e. The Kier molecular flexibility index (Phi) is 3.11. The Balaban J connectivity index is 1.92. The number of imide groups is 1. The molecular weight excluding hydrogens is 240 g/mol. The van der Waals surface area contributed by atoms with E-state index in [1.807, 2.05) is 30.3 Å². The fraction of sp³-hybridized carbons (Fsp3) is 0.467. The molecule has 1 saturated carbocycles. The largest absolute Gasteiger partial charge is 0.328 e. The van der Waals surface area contributed by atoms with Crippen LogP contribution >= 0.6 is 0 Å². The topological polar surface area (TPSA) is 63.4 Å². The van der Waals surface area contributed by atoms with E-state index < -0.39 is 0 Å². The van der Waals surface area contributed by atoms with Gasteiger partial charge in [-0.05, 0) is 18.4 Å². The van der Waals surface area contributed by atoms with Crippen molar-refractivity contribution in [2.75, 3.05) is 6.54 Å². The maximum absolute atomic E-state index is 12.4. The molecule has 0 radical (unpaired) electrons. The van der Waals surface area contributed by atoms with Crippen LogP contribution in [0.4, 0.5) is 0 Å². The number of carbonyl (C=O) groups is 2. The molecule has 4 heteroatoms. The Labute approximate surface area is 112 Å². The van der Waals surface area contributed by atoms with Crippen LogP contribution in [0.25, 0.3) is 0 Å². The zero-order valence-electron chi connectivity index (χ0n) is 10.8. The molecule has 1 aliphatic carbocycles. The Morgan fingerprint density at radius 3 is 2.21 bits per heavy atom. The first kappa shape index (κ1) is 12.4. The highest BCUT2D eigenvalue weighted by Crippen LogP contribution is 2.42. The average Bonchev–Trinajstić information content (AvgIpc) is 3.00. The number of fused-ring (bicyclic) bond motifs is 1. The number of nitrogens with two attached hydrogens (primary N) is 1. The molecule has 0 bridgehead atoms. The second-order valence-electron chi connectivity index (χ2n) is 5.35. The van der Waals surface area contributed by atoms with Gasteiger partial charge in [0.1, 0.15) is 0 Å². The van der Waals surface area contributed by atoms with Crippen LogP contribution in [0.2, 0.25) is 0 Å². The molecule has 2 aliphatic rings. The third kappa shape index (κ3) is 1.87. The lowest BCUT2D eigenvalue weighted by Crippen LogP contribution is -2.39. The van der Waals surface area contributed by atoms with Crippen molar-refractivity contribution in [1.29, 1.82) is 0 Å². The van der Waals surface area contributed by atoms with Crippen molar-refractivity contribution < 1.29 is 9.59 Å². The summed E-state index contributed by atoms with van der Waals surface area (Å²) in [4.78, 5) is 26.3. The average molecular weight is 258 g/mol. The molecule has 2 amide bonds. The first-order valence-electron chi connectivity index (χ1n) is 6.86. The third-order valence-corrected chi connectivity index (χ3v) is 4.34. The molecule has 2 fully saturated rings. The highest BCUT2D eigenvalue weighted by Gasteiger charge is 2.51. The summed E-state index contributed by atoms with van der Waals surface area (Å²) in [6.07, 6.45) is 2.68. The smallest absolute Gasteiger partial charge is 0.233 e. The van der Waals surface area contributed by atoms with Gasteiger partial charge in [0.25, 0.3) is 0 Å². The van der Waals surface area contributed by atoms with Gasteiger partial charge in [-0.1, -0.05) is 36.8 Å². The molecule has 100 valence electrons. The van der Waals surface area contributed by atoms with Crippen molar-refractivity contribution in [1.82, 2.24) is 4.90 Å².